The molecule has 3 aliphatic heterocycles. The molecule has 58 heavy (non-hydrogen) atoms. The van der Waals surface area contributed by atoms with Crippen molar-refractivity contribution in [3.05, 3.63) is 64.4 Å². The number of urea groups is 1. The van der Waals surface area contributed by atoms with Gasteiger partial charge in [0.1, 0.15) is 41.6 Å². The summed E-state index contributed by atoms with van der Waals surface area (Å²) in [4.78, 5) is 98.9. The fraction of sp³-hybridized carbons (Fsp3) is 0.537. The van der Waals surface area contributed by atoms with Crippen molar-refractivity contribution in [2.24, 2.45) is 5.92 Å². The summed E-state index contributed by atoms with van der Waals surface area (Å²) >= 11 is 5.83. The number of hydrogen-bond donors (Lipinski definition) is 5. The van der Waals surface area contributed by atoms with Crippen LogP contribution < -0.4 is 21.3 Å². The van der Waals surface area contributed by atoms with Gasteiger partial charge >= 0.3 is 6.03 Å². The van der Waals surface area contributed by atoms with Gasteiger partial charge in [0.05, 0.1) is 12.3 Å². The van der Waals surface area contributed by atoms with E-state index < -0.39 is 77.8 Å². The van der Waals surface area contributed by atoms with Crippen molar-refractivity contribution >= 4 is 58.6 Å². The zero-order valence-electron chi connectivity index (χ0n) is 32.9. The lowest BCUT2D eigenvalue weighted by molar-refractivity contribution is -0.151. The number of nitrogens with one attached hydrogen (secondary N) is 4. The van der Waals surface area contributed by atoms with E-state index in [-0.39, 0.29) is 47.8 Å². The molecule has 0 unspecified atom stereocenters. The van der Waals surface area contributed by atoms with Gasteiger partial charge in [0.15, 0.2) is 5.78 Å². The van der Waals surface area contributed by atoms with Crippen LogP contribution in [0.2, 0.25) is 5.02 Å². The number of nitrogens with zero attached hydrogens (tertiary/aromatic N) is 3. The third-order valence-electron chi connectivity index (χ3n) is 11.6. The summed E-state index contributed by atoms with van der Waals surface area (Å²) in [5.41, 5.74) is 0.636. The van der Waals surface area contributed by atoms with Crippen LogP contribution in [0.5, 0.6) is 0 Å². The van der Waals surface area contributed by atoms with Gasteiger partial charge in [-0.1, -0.05) is 48.4 Å². The van der Waals surface area contributed by atoms with Crippen molar-refractivity contribution < 1.29 is 43.1 Å². The fourth-order valence-corrected chi connectivity index (χ4v) is 8.75. The van der Waals surface area contributed by atoms with E-state index >= 15 is 0 Å². The quantitative estimate of drug-likeness (QED) is 0.215. The molecule has 15 nitrogen and oxygen atoms in total. The molecular weight excluding hydrogens is 773 g/mol. The van der Waals surface area contributed by atoms with Crippen molar-refractivity contribution in [2.75, 3.05) is 31.6 Å². The van der Waals surface area contributed by atoms with E-state index in [0.717, 1.165) is 11.6 Å². The van der Waals surface area contributed by atoms with E-state index in [1.54, 1.807) is 24.0 Å². The molecule has 0 radical (unpaired) electrons. The number of aliphatic hydroxyl groups excluding tert-OH is 1. The van der Waals surface area contributed by atoms with E-state index in [1.807, 2.05) is 26.0 Å². The average Bonchev–Trinajstić information content (AvgIpc) is 3.46. The van der Waals surface area contributed by atoms with Gasteiger partial charge in [0.25, 0.3) is 0 Å². The molecule has 1 saturated carbocycles. The number of carbonyl (C=O) groups is 7. The Labute approximate surface area is 341 Å². The van der Waals surface area contributed by atoms with Crippen LogP contribution in [0, 0.1) is 18.7 Å². The third-order valence-corrected chi connectivity index (χ3v) is 11.8. The molecule has 17 heteroatoms. The number of piperidine rings is 1. The second kappa shape index (κ2) is 17.8. The topological polar surface area (TPSA) is 198 Å². The lowest BCUT2D eigenvalue weighted by atomic mass is 9.99. The van der Waals surface area contributed by atoms with Crippen molar-refractivity contribution in [1.82, 2.24) is 30.7 Å². The second-order valence-corrected chi connectivity index (χ2v) is 16.5. The number of carbonyl (C=O) groups excluding carboxylic acids is 7. The van der Waals surface area contributed by atoms with E-state index in [2.05, 4.69) is 21.3 Å². The van der Waals surface area contributed by atoms with Gasteiger partial charge in [-0.15, -0.1) is 0 Å². The third kappa shape index (κ3) is 9.28. The molecule has 6 rings (SSSR count). The lowest BCUT2D eigenvalue weighted by Gasteiger charge is -2.39. The Morgan fingerprint density at radius 1 is 0.931 bits per heavy atom. The SMILES string of the molecule is Cc1cccc(C[C@H](NC(=O)Nc2ccc(Cl)cc2F)C(=O)N[C@@H](CO)C(=O)N2CCC[C@H]2C(=O)N2CCCC[C@H]2C(=O)N[C@@H](C)C(=O)N2C[C@@H](C)C[C@]23CC3=O)c1. The van der Waals surface area contributed by atoms with Crippen molar-refractivity contribution in [1.29, 1.82) is 0 Å². The summed E-state index contributed by atoms with van der Waals surface area (Å²) < 4.78 is 14.5. The van der Waals surface area contributed by atoms with E-state index in [0.29, 0.717) is 57.1 Å². The van der Waals surface area contributed by atoms with Crippen LogP contribution in [-0.4, -0.2) is 123 Å². The molecule has 7 atom stereocenters. The first-order valence-corrected chi connectivity index (χ1v) is 20.2. The van der Waals surface area contributed by atoms with Crippen LogP contribution in [0.15, 0.2) is 42.5 Å². The summed E-state index contributed by atoms with van der Waals surface area (Å²) in [5.74, 6) is -3.40. The predicted molar refractivity (Wildman–Crippen MR) is 211 cm³/mol. The molecule has 1 spiro atoms. The minimum absolute atomic E-state index is 0.0139. The predicted octanol–water partition coefficient (Wildman–Crippen LogP) is 2.45. The molecule has 0 bridgehead atoms. The highest BCUT2D eigenvalue weighted by atomic mass is 35.5. The van der Waals surface area contributed by atoms with Crippen molar-refractivity contribution in [3.8, 4) is 0 Å². The largest absolute Gasteiger partial charge is 0.394 e. The van der Waals surface area contributed by atoms with Gasteiger partial charge in [-0.3, -0.25) is 28.8 Å². The van der Waals surface area contributed by atoms with Gasteiger partial charge < -0.3 is 41.1 Å². The number of hydrogen-bond acceptors (Lipinski definition) is 8. The number of likely N-dealkylation sites (tertiary alicyclic amines) is 3. The maximum absolute atomic E-state index is 14.5. The number of ketones is 1. The maximum Gasteiger partial charge on any atom is 0.319 e. The molecule has 3 heterocycles. The molecule has 4 aliphatic rings. The zero-order valence-corrected chi connectivity index (χ0v) is 33.6. The molecule has 312 valence electrons. The number of rotatable bonds is 12. The number of halogens is 2. The second-order valence-electron chi connectivity index (χ2n) is 16.1. The molecule has 7 amide bonds. The minimum Gasteiger partial charge on any atom is -0.394 e. The van der Waals surface area contributed by atoms with Crippen LogP contribution in [0.4, 0.5) is 14.9 Å². The summed E-state index contributed by atoms with van der Waals surface area (Å²) in [6.07, 6.45) is 3.31. The van der Waals surface area contributed by atoms with Crippen LogP contribution in [0.25, 0.3) is 0 Å². The number of aryl methyl sites for hydroxylation is 1. The molecule has 3 saturated heterocycles. The van der Waals surface area contributed by atoms with Crippen LogP contribution in [0.1, 0.15) is 69.9 Å². The number of aliphatic hydroxyl groups is 1. The standard InChI is InChI=1S/C41H51ClFN7O8/c1-23-8-6-9-26(16-23)17-30(47-40(58)46-29-13-12-27(42)18-28(29)43)35(53)45-31(22-51)38(56)49-15-7-11-33(49)39(57)48-14-5-4-10-32(48)36(54)44-25(3)37(55)50-21-24(2)19-41(50)20-34(41)52/h6,8-9,12-13,16,18,24-25,30-33,51H,4-5,7,10-11,14-15,17,19-22H2,1-3H3,(H,44,54)(H,45,53)(H2,46,47,58)/t24-,25-,30-,31-,32-,33-,41+/m0/s1. The van der Waals surface area contributed by atoms with Crippen LogP contribution >= 0.6 is 11.6 Å². The van der Waals surface area contributed by atoms with E-state index in [9.17, 15) is 43.1 Å². The Balaban J connectivity index is 1.11. The van der Waals surface area contributed by atoms with Gasteiger partial charge in [0, 0.05) is 37.5 Å². The van der Waals surface area contributed by atoms with Crippen molar-refractivity contribution in [2.45, 2.75) is 108 Å². The summed E-state index contributed by atoms with van der Waals surface area (Å²) in [5, 5.41) is 20.8. The Morgan fingerprint density at radius 3 is 2.34 bits per heavy atom. The molecule has 5 N–H and O–H groups in total. The fourth-order valence-electron chi connectivity index (χ4n) is 8.59. The smallest absolute Gasteiger partial charge is 0.319 e. The van der Waals surface area contributed by atoms with Crippen molar-refractivity contribution in [3.63, 3.8) is 0 Å². The number of Topliss-reactive ketones (excluding diaryl/α,β-unsaturated/α-hetero) is 1. The first-order valence-electron chi connectivity index (χ1n) is 19.9. The average molecular weight is 824 g/mol. The minimum atomic E-state index is -1.48. The van der Waals surface area contributed by atoms with Crippen LogP contribution in [-0.2, 0) is 35.2 Å². The van der Waals surface area contributed by atoms with Crippen LogP contribution in [0.3, 0.4) is 0 Å². The number of benzene rings is 2. The molecule has 2 aromatic carbocycles. The lowest BCUT2D eigenvalue weighted by Crippen LogP contribution is -2.61. The van der Waals surface area contributed by atoms with E-state index in [4.69, 9.17) is 11.6 Å². The van der Waals surface area contributed by atoms with Gasteiger partial charge in [0.2, 0.25) is 29.5 Å². The monoisotopic (exact) mass is 823 g/mol. The highest BCUT2D eigenvalue weighted by Crippen LogP contribution is 2.48. The molecular formula is C41H51ClFN7O8. The first kappa shape index (κ1) is 42.5. The van der Waals surface area contributed by atoms with Gasteiger partial charge in [-0.05, 0) is 82.1 Å². The molecule has 4 fully saturated rings. The normalized spacial score (nSPS) is 24.2. The first-order chi connectivity index (χ1) is 27.6. The summed E-state index contributed by atoms with van der Waals surface area (Å²) in [6.45, 7) is 5.46. The maximum atomic E-state index is 14.5. The summed E-state index contributed by atoms with van der Waals surface area (Å²) in [7, 11) is 0. The van der Waals surface area contributed by atoms with Gasteiger partial charge in [-0.25, -0.2) is 9.18 Å². The highest BCUT2D eigenvalue weighted by molar-refractivity contribution is 6.30. The molecule has 2 aromatic rings. The Morgan fingerprint density at radius 2 is 1.66 bits per heavy atom. The Kier molecular flexibility index (Phi) is 13.1. The van der Waals surface area contributed by atoms with Gasteiger partial charge in [-0.2, -0.15) is 0 Å². The number of anilines is 1. The molecule has 0 aromatic heterocycles. The zero-order chi connectivity index (χ0) is 41.9. The Bertz CT molecular complexity index is 1970. The van der Waals surface area contributed by atoms with E-state index in [1.165, 1.54) is 21.9 Å². The highest BCUT2D eigenvalue weighted by Gasteiger charge is 2.63. The summed E-state index contributed by atoms with van der Waals surface area (Å²) in [6, 6.07) is 4.44. The molecule has 1 aliphatic carbocycles. The Hall–Kier alpha value is -5.09. The number of amides is 7.